The van der Waals surface area contributed by atoms with Gasteiger partial charge in [-0.3, -0.25) is 0 Å². The molecule has 4 rings (SSSR count). The van der Waals surface area contributed by atoms with Crippen molar-refractivity contribution in [3.8, 4) is 16.3 Å². The molecule has 0 spiro atoms. The van der Waals surface area contributed by atoms with Crippen molar-refractivity contribution < 1.29 is 4.68 Å². The first-order chi connectivity index (χ1) is 12.7. The van der Waals surface area contributed by atoms with Gasteiger partial charge in [0.2, 0.25) is 5.69 Å². The number of nitrogens with zero attached hydrogens (tertiary/aromatic N) is 2. The molecular formula is C20H14Cl2N3S+. The van der Waals surface area contributed by atoms with Crippen molar-refractivity contribution in [2.24, 2.45) is 0 Å². The van der Waals surface area contributed by atoms with E-state index in [1.807, 2.05) is 77.5 Å². The number of benzene rings is 3. The van der Waals surface area contributed by atoms with Gasteiger partial charge in [-0.25, -0.2) is 0 Å². The minimum absolute atomic E-state index is 0.595. The SMILES string of the molecule is Clc1ccc(-c2sc(Nc3ccccc3)n[n+]2-c2ccccc2)c(Cl)c1. The molecule has 0 fully saturated rings. The predicted octanol–water partition coefficient (Wildman–Crippen LogP) is 6.14. The van der Waals surface area contributed by atoms with Gasteiger partial charge in [-0.05, 0) is 46.4 Å². The Morgan fingerprint density at radius 3 is 2.23 bits per heavy atom. The second-order valence-corrected chi connectivity index (χ2v) is 7.40. The first-order valence-electron chi connectivity index (χ1n) is 7.97. The molecule has 0 unspecified atom stereocenters. The van der Waals surface area contributed by atoms with Crippen LogP contribution in [0.3, 0.4) is 0 Å². The molecule has 0 bridgehead atoms. The number of anilines is 2. The van der Waals surface area contributed by atoms with E-state index < -0.39 is 0 Å². The summed E-state index contributed by atoms with van der Waals surface area (Å²) in [6.07, 6.45) is 0. The summed E-state index contributed by atoms with van der Waals surface area (Å²) in [5, 5.41) is 11.0. The van der Waals surface area contributed by atoms with Crippen LogP contribution in [0.5, 0.6) is 0 Å². The number of halogens is 2. The molecule has 0 saturated heterocycles. The zero-order chi connectivity index (χ0) is 17.9. The molecule has 26 heavy (non-hydrogen) atoms. The fourth-order valence-corrected chi connectivity index (χ4v) is 4.11. The van der Waals surface area contributed by atoms with Crippen LogP contribution in [0.4, 0.5) is 10.8 Å². The van der Waals surface area contributed by atoms with Gasteiger partial charge in [0.15, 0.2) is 0 Å². The highest BCUT2D eigenvalue weighted by Gasteiger charge is 2.26. The van der Waals surface area contributed by atoms with Crippen LogP contribution in [-0.4, -0.2) is 5.10 Å². The molecule has 4 aromatic rings. The summed E-state index contributed by atoms with van der Waals surface area (Å²) < 4.78 is 1.89. The normalized spacial score (nSPS) is 10.7. The lowest BCUT2D eigenvalue weighted by Crippen LogP contribution is -2.34. The van der Waals surface area contributed by atoms with Gasteiger partial charge in [-0.2, -0.15) is 0 Å². The Bertz CT molecular complexity index is 1030. The quantitative estimate of drug-likeness (QED) is 0.418. The molecule has 0 atom stereocenters. The lowest BCUT2D eigenvalue weighted by molar-refractivity contribution is -0.642. The number of aromatic nitrogens is 2. The molecule has 128 valence electrons. The van der Waals surface area contributed by atoms with Crippen molar-refractivity contribution in [1.29, 1.82) is 0 Å². The molecule has 0 radical (unpaired) electrons. The molecule has 3 aromatic carbocycles. The standard InChI is InChI=1S/C20H14Cl2N3S/c21-14-11-12-17(18(22)13-14)19-25(16-9-5-2-6-10-16)24-20(26-19)23-15-7-3-1-4-8-15/h1-13H,(H,23,24)/q+1. The molecule has 0 aliphatic rings. The van der Waals surface area contributed by atoms with Crippen LogP contribution in [0.2, 0.25) is 10.0 Å². The van der Waals surface area contributed by atoms with E-state index in [0.29, 0.717) is 10.0 Å². The molecule has 0 aliphatic carbocycles. The van der Waals surface area contributed by atoms with Crippen LogP contribution in [0.1, 0.15) is 0 Å². The van der Waals surface area contributed by atoms with Gasteiger partial charge >= 0.3 is 5.01 Å². The lowest BCUT2D eigenvalue weighted by Gasteiger charge is -1.99. The van der Waals surface area contributed by atoms with E-state index in [9.17, 15) is 0 Å². The van der Waals surface area contributed by atoms with Gasteiger partial charge in [0.1, 0.15) is 0 Å². The molecule has 0 aliphatic heterocycles. The molecule has 0 saturated carbocycles. The van der Waals surface area contributed by atoms with E-state index >= 15 is 0 Å². The van der Waals surface area contributed by atoms with E-state index in [1.54, 1.807) is 6.07 Å². The van der Waals surface area contributed by atoms with E-state index in [0.717, 1.165) is 27.1 Å². The Labute approximate surface area is 165 Å². The summed E-state index contributed by atoms with van der Waals surface area (Å²) in [5.41, 5.74) is 2.83. The Hall–Kier alpha value is -2.40. The summed E-state index contributed by atoms with van der Waals surface area (Å²) in [6, 6.07) is 25.4. The minimum Gasteiger partial charge on any atom is -0.327 e. The maximum atomic E-state index is 6.45. The molecule has 0 amide bonds. The number of hydrogen-bond donors (Lipinski definition) is 1. The smallest absolute Gasteiger partial charge is 0.306 e. The summed E-state index contributed by atoms with van der Waals surface area (Å²) in [7, 11) is 0. The molecule has 1 N–H and O–H groups in total. The van der Waals surface area contributed by atoms with Crippen LogP contribution in [-0.2, 0) is 0 Å². The molecule has 3 nitrogen and oxygen atoms in total. The van der Waals surface area contributed by atoms with Crippen molar-refractivity contribution in [2.75, 3.05) is 5.32 Å². The summed E-state index contributed by atoms with van der Waals surface area (Å²) in [5.74, 6) is 0. The Balaban J connectivity index is 1.83. The Morgan fingerprint density at radius 1 is 0.846 bits per heavy atom. The summed E-state index contributed by atoms with van der Waals surface area (Å²) >= 11 is 14.0. The molecule has 1 heterocycles. The first-order valence-corrected chi connectivity index (χ1v) is 9.54. The molecule has 1 aromatic heterocycles. The maximum absolute atomic E-state index is 6.45. The minimum atomic E-state index is 0.595. The van der Waals surface area contributed by atoms with Crippen molar-refractivity contribution in [3.63, 3.8) is 0 Å². The van der Waals surface area contributed by atoms with E-state index in [4.69, 9.17) is 28.3 Å². The largest absolute Gasteiger partial charge is 0.327 e. The third kappa shape index (κ3) is 3.58. The molecule has 6 heteroatoms. The van der Waals surface area contributed by atoms with Gasteiger partial charge in [-0.1, -0.05) is 59.6 Å². The monoisotopic (exact) mass is 398 g/mol. The van der Waals surface area contributed by atoms with E-state index in [1.165, 1.54) is 11.3 Å². The van der Waals surface area contributed by atoms with Crippen molar-refractivity contribution in [2.45, 2.75) is 0 Å². The second kappa shape index (κ2) is 7.46. The van der Waals surface area contributed by atoms with Crippen LogP contribution in [0.15, 0.2) is 78.9 Å². The predicted molar refractivity (Wildman–Crippen MR) is 109 cm³/mol. The highest BCUT2D eigenvalue weighted by atomic mass is 35.5. The van der Waals surface area contributed by atoms with Gasteiger partial charge < -0.3 is 5.32 Å². The second-order valence-electron chi connectivity index (χ2n) is 5.57. The number of rotatable bonds is 4. The highest BCUT2D eigenvalue weighted by Crippen LogP contribution is 2.34. The first kappa shape index (κ1) is 17.0. The zero-order valence-electron chi connectivity index (χ0n) is 13.6. The average molecular weight is 399 g/mol. The van der Waals surface area contributed by atoms with Crippen LogP contribution < -0.4 is 10.00 Å². The van der Waals surface area contributed by atoms with Gasteiger partial charge in [0, 0.05) is 27.9 Å². The third-order valence-corrected chi connectivity index (χ3v) is 5.27. The van der Waals surface area contributed by atoms with E-state index in [2.05, 4.69) is 5.32 Å². The average Bonchev–Trinajstić information content (AvgIpc) is 3.07. The lowest BCUT2D eigenvalue weighted by atomic mass is 10.2. The van der Waals surface area contributed by atoms with Crippen molar-refractivity contribution in [1.82, 2.24) is 5.10 Å². The topological polar surface area (TPSA) is 28.8 Å². The molecular weight excluding hydrogens is 385 g/mol. The van der Waals surface area contributed by atoms with E-state index in [-0.39, 0.29) is 0 Å². The number of para-hydroxylation sites is 2. The zero-order valence-corrected chi connectivity index (χ0v) is 15.9. The van der Waals surface area contributed by atoms with Crippen molar-refractivity contribution >= 4 is 45.4 Å². The Kier molecular flexibility index (Phi) is 4.89. The highest BCUT2D eigenvalue weighted by molar-refractivity contribution is 7.18. The summed E-state index contributed by atoms with van der Waals surface area (Å²) in [6.45, 7) is 0. The van der Waals surface area contributed by atoms with Gasteiger partial charge in [-0.15, -0.1) is 0 Å². The third-order valence-electron chi connectivity index (χ3n) is 3.76. The number of nitrogens with one attached hydrogen (secondary N) is 1. The fraction of sp³-hybridized carbons (Fsp3) is 0. The fourth-order valence-electron chi connectivity index (χ4n) is 2.56. The Morgan fingerprint density at radius 2 is 1.54 bits per heavy atom. The van der Waals surface area contributed by atoms with Crippen LogP contribution in [0.25, 0.3) is 16.3 Å². The van der Waals surface area contributed by atoms with Crippen LogP contribution >= 0.6 is 34.5 Å². The van der Waals surface area contributed by atoms with Gasteiger partial charge in [0.05, 0.1) is 10.6 Å². The van der Waals surface area contributed by atoms with Gasteiger partial charge in [0.25, 0.3) is 5.13 Å². The summed E-state index contributed by atoms with van der Waals surface area (Å²) in [4.78, 5) is 0. The maximum Gasteiger partial charge on any atom is 0.306 e. The van der Waals surface area contributed by atoms with Crippen molar-refractivity contribution in [3.05, 3.63) is 88.9 Å². The number of hydrogen-bond acceptors (Lipinski definition) is 3. The van der Waals surface area contributed by atoms with Crippen LogP contribution in [0, 0.1) is 0 Å².